The maximum absolute atomic E-state index is 13.2. The molecule has 2 rings (SSSR count). The quantitative estimate of drug-likeness (QED) is 0.585. The Morgan fingerprint density at radius 2 is 1.48 bits per heavy atom. The Hall–Kier alpha value is -2.33. The van der Waals surface area contributed by atoms with Crippen LogP contribution in [-0.2, 0) is 28.0 Å². The lowest BCUT2D eigenvalue weighted by Gasteiger charge is -2.29. The summed E-state index contributed by atoms with van der Waals surface area (Å²) in [5.41, 5.74) is 3.43. The maximum Gasteiger partial charge on any atom is 0.242 e. The third-order valence-corrected chi connectivity index (χ3v) is 5.56. The minimum absolute atomic E-state index is 0.0174. The average molecular weight is 443 g/mol. The van der Waals surface area contributed by atoms with Crippen LogP contribution in [0, 0.1) is 0 Å². The minimum atomic E-state index is -0.561. The summed E-state index contributed by atoms with van der Waals surface area (Å²) >= 11 is 5.99. The van der Waals surface area contributed by atoms with Gasteiger partial charge in [-0.3, -0.25) is 9.59 Å². The summed E-state index contributed by atoms with van der Waals surface area (Å²) in [6.45, 7) is 12.5. The third kappa shape index (κ3) is 7.70. The Bertz CT molecular complexity index is 868. The minimum Gasteiger partial charge on any atom is -0.352 e. The van der Waals surface area contributed by atoms with E-state index in [1.807, 2.05) is 26.0 Å². The van der Waals surface area contributed by atoms with Crippen LogP contribution in [0.25, 0.3) is 0 Å². The molecule has 2 amide bonds. The zero-order valence-corrected chi connectivity index (χ0v) is 20.3. The van der Waals surface area contributed by atoms with Crippen LogP contribution in [0.2, 0.25) is 5.02 Å². The van der Waals surface area contributed by atoms with Crippen molar-refractivity contribution >= 4 is 23.4 Å². The van der Waals surface area contributed by atoms with Gasteiger partial charge in [0.25, 0.3) is 0 Å². The number of carbonyl (C=O) groups excluding carboxylic acids is 2. The number of aryl methyl sites for hydroxylation is 1. The number of nitrogens with one attached hydrogen (secondary N) is 1. The van der Waals surface area contributed by atoms with Crippen molar-refractivity contribution in [3.63, 3.8) is 0 Å². The van der Waals surface area contributed by atoms with Crippen LogP contribution in [-0.4, -0.2) is 28.8 Å². The number of nitrogens with zero attached hydrogens (tertiary/aromatic N) is 1. The van der Waals surface area contributed by atoms with Crippen molar-refractivity contribution in [1.82, 2.24) is 10.2 Å². The molecule has 4 nitrogen and oxygen atoms in total. The van der Waals surface area contributed by atoms with Crippen molar-refractivity contribution in [1.29, 1.82) is 0 Å². The lowest BCUT2D eigenvalue weighted by Crippen LogP contribution is -2.49. The molecule has 5 heteroatoms. The molecule has 168 valence electrons. The van der Waals surface area contributed by atoms with E-state index in [1.54, 1.807) is 24.0 Å². The lowest BCUT2D eigenvalue weighted by atomic mass is 9.86. The molecule has 0 bridgehead atoms. The first-order chi connectivity index (χ1) is 14.5. The van der Waals surface area contributed by atoms with Crippen molar-refractivity contribution in [2.45, 2.75) is 78.4 Å². The van der Waals surface area contributed by atoms with Crippen molar-refractivity contribution in [2.75, 3.05) is 0 Å². The number of rotatable bonds is 8. The zero-order chi connectivity index (χ0) is 23.2. The monoisotopic (exact) mass is 442 g/mol. The van der Waals surface area contributed by atoms with Gasteiger partial charge >= 0.3 is 0 Å². The van der Waals surface area contributed by atoms with E-state index in [-0.39, 0.29) is 23.3 Å². The third-order valence-electron chi connectivity index (χ3n) is 5.31. The second kappa shape index (κ2) is 10.8. The zero-order valence-electron chi connectivity index (χ0n) is 19.5. The first kappa shape index (κ1) is 24.9. The van der Waals surface area contributed by atoms with Crippen LogP contribution in [0.5, 0.6) is 0 Å². The van der Waals surface area contributed by atoms with Gasteiger partial charge < -0.3 is 10.2 Å². The topological polar surface area (TPSA) is 49.4 Å². The Balaban J connectivity index is 2.12. The van der Waals surface area contributed by atoms with Gasteiger partial charge in [-0.05, 0) is 61.4 Å². The van der Waals surface area contributed by atoms with Gasteiger partial charge in [-0.15, -0.1) is 0 Å². The Labute approximate surface area is 192 Å². The van der Waals surface area contributed by atoms with Gasteiger partial charge in [0.1, 0.15) is 6.04 Å². The molecule has 2 aromatic rings. The molecule has 0 aromatic heterocycles. The molecule has 1 atom stereocenters. The molecule has 1 unspecified atom stereocenters. The van der Waals surface area contributed by atoms with Crippen LogP contribution in [0.1, 0.15) is 64.7 Å². The van der Waals surface area contributed by atoms with Gasteiger partial charge in [0.15, 0.2) is 0 Å². The van der Waals surface area contributed by atoms with Gasteiger partial charge in [-0.2, -0.15) is 0 Å². The van der Waals surface area contributed by atoms with Gasteiger partial charge in [-0.25, -0.2) is 0 Å². The molecule has 31 heavy (non-hydrogen) atoms. The number of hydrogen-bond donors (Lipinski definition) is 1. The number of amides is 2. The SMILES string of the molecule is CC(C)NC(=O)C(C)N(Cc1ccc(Cl)cc1)C(=O)CCc1ccc(C(C)(C)C)cc1. The number of carbonyl (C=O) groups is 2. The molecule has 0 fully saturated rings. The fraction of sp³-hybridized carbons (Fsp3) is 0.462. The molecule has 0 saturated carbocycles. The number of hydrogen-bond acceptors (Lipinski definition) is 2. The molecule has 0 aliphatic carbocycles. The van der Waals surface area contributed by atoms with Gasteiger partial charge in [-0.1, -0.05) is 68.8 Å². The Morgan fingerprint density at radius 1 is 0.935 bits per heavy atom. The van der Waals surface area contributed by atoms with E-state index in [9.17, 15) is 9.59 Å². The lowest BCUT2D eigenvalue weighted by molar-refractivity contribution is -0.140. The summed E-state index contributed by atoms with van der Waals surface area (Å²) in [6, 6.07) is 15.3. The number of benzene rings is 2. The first-order valence-electron chi connectivity index (χ1n) is 10.9. The van der Waals surface area contributed by atoms with Gasteiger partial charge in [0.2, 0.25) is 11.8 Å². The fourth-order valence-electron chi connectivity index (χ4n) is 3.34. The summed E-state index contributed by atoms with van der Waals surface area (Å²) in [7, 11) is 0. The molecule has 1 N–H and O–H groups in total. The van der Waals surface area contributed by atoms with E-state index in [0.29, 0.717) is 24.4 Å². The van der Waals surface area contributed by atoms with Crippen LogP contribution >= 0.6 is 11.6 Å². The van der Waals surface area contributed by atoms with Crippen LogP contribution in [0.4, 0.5) is 0 Å². The largest absolute Gasteiger partial charge is 0.352 e. The molecule has 0 saturated heterocycles. The summed E-state index contributed by atoms with van der Waals surface area (Å²) in [4.78, 5) is 27.4. The molecular weight excluding hydrogens is 408 g/mol. The Morgan fingerprint density at radius 3 is 2.00 bits per heavy atom. The van der Waals surface area contributed by atoms with E-state index in [0.717, 1.165) is 11.1 Å². The van der Waals surface area contributed by atoms with Gasteiger partial charge in [0, 0.05) is 24.0 Å². The van der Waals surface area contributed by atoms with E-state index >= 15 is 0 Å². The highest BCUT2D eigenvalue weighted by atomic mass is 35.5. The molecule has 0 aliphatic heterocycles. The maximum atomic E-state index is 13.2. The predicted molar refractivity (Wildman–Crippen MR) is 128 cm³/mol. The second-order valence-electron chi connectivity index (χ2n) is 9.43. The summed E-state index contributed by atoms with van der Waals surface area (Å²) in [6.07, 6.45) is 0.987. The van der Waals surface area contributed by atoms with Crippen molar-refractivity contribution in [3.8, 4) is 0 Å². The molecule has 0 heterocycles. The summed E-state index contributed by atoms with van der Waals surface area (Å²) in [5, 5.41) is 3.56. The predicted octanol–water partition coefficient (Wildman–Crippen LogP) is 5.51. The molecule has 2 aromatic carbocycles. The molecule has 0 radical (unpaired) electrons. The second-order valence-corrected chi connectivity index (χ2v) is 9.87. The van der Waals surface area contributed by atoms with Crippen LogP contribution in [0.3, 0.4) is 0 Å². The smallest absolute Gasteiger partial charge is 0.242 e. The van der Waals surface area contributed by atoms with Crippen molar-refractivity contribution in [2.24, 2.45) is 0 Å². The fourth-order valence-corrected chi connectivity index (χ4v) is 3.47. The Kier molecular flexibility index (Phi) is 8.69. The normalized spacial score (nSPS) is 12.5. The van der Waals surface area contributed by atoms with Crippen LogP contribution < -0.4 is 5.32 Å². The highest BCUT2D eigenvalue weighted by Crippen LogP contribution is 2.23. The van der Waals surface area contributed by atoms with E-state index in [1.165, 1.54) is 5.56 Å². The van der Waals surface area contributed by atoms with Crippen molar-refractivity contribution in [3.05, 3.63) is 70.2 Å². The van der Waals surface area contributed by atoms with Gasteiger partial charge in [0.05, 0.1) is 0 Å². The average Bonchev–Trinajstić information content (AvgIpc) is 2.70. The van der Waals surface area contributed by atoms with E-state index in [2.05, 4.69) is 50.4 Å². The van der Waals surface area contributed by atoms with E-state index in [4.69, 9.17) is 11.6 Å². The number of halogens is 1. The molecular formula is C26H35ClN2O2. The molecule has 0 aliphatic rings. The summed E-state index contributed by atoms with van der Waals surface area (Å²) < 4.78 is 0. The highest BCUT2D eigenvalue weighted by molar-refractivity contribution is 6.30. The molecule has 0 spiro atoms. The summed E-state index contributed by atoms with van der Waals surface area (Å²) in [5.74, 6) is -0.187. The standard InChI is InChI=1S/C26H35ClN2O2/c1-18(2)28-25(31)19(3)29(17-21-9-14-23(27)15-10-21)24(30)16-11-20-7-12-22(13-8-20)26(4,5)6/h7-10,12-15,18-19H,11,16-17H2,1-6H3,(H,28,31). The van der Waals surface area contributed by atoms with Crippen molar-refractivity contribution < 1.29 is 9.59 Å². The van der Waals surface area contributed by atoms with E-state index < -0.39 is 6.04 Å². The first-order valence-corrected chi connectivity index (χ1v) is 11.3. The van der Waals surface area contributed by atoms with Crippen LogP contribution in [0.15, 0.2) is 48.5 Å². The highest BCUT2D eigenvalue weighted by Gasteiger charge is 2.26.